The van der Waals surface area contributed by atoms with Crippen molar-refractivity contribution in [2.75, 3.05) is 20.2 Å². The van der Waals surface area contributed by atoms with Crippen molar-refractivity contribution >= 4 is 11.2 Å². The second-order valence-corrected chi connectivity index (χ2v) is 5.51. The number of rotatable bonds is 3. The van der Waals surface area contributed by atoms with Crippen molar-refractivity contribution in [2.24, 2.45) is 0 Å². The first-order valence-corrected chi connectivity index (χ1v) is 7.56. The van der Waals surface area contributed by atoms with Gasteiger partial charge in [0.1, 0.15) is 17.1 Å². The average molecular weight is 294 g/mol. The van der Waals surface area contributed by atoms with Crippen molar-refractivity contribution in [2.45, 2.75) is 12.3 Å². The molecule has 1 unspecified atom stereocenters. The fraction of sp³-hybridized carbons (Fsp3) is 0.294. The number of hydrogen-bond donors (Lipinski definition) is 1. The molecular formula is C17H18N4O. The molecule has 1 atom stereocenters. The third kappa shape index (κ3) is 2.05. The van der Waals surface area contributed by atoms with Gasteiger partial charge in [0.2, 0.25) is 0 Å². The van der Waals surface area contributed by atoms with E-state index in [4.69, 9.17) is 9.72 Å². The third-order valence-corrected chi connectivity index (χ3v) is 4.19. The lowest BCUT2D eigenvalue weighted by Gasteiger charge is -2.15. The van der Waals surface area contributed by atoms with Gasteiger partial charge in [-0.3, -0.25) is 4.57 Å². The highest BCUT2D eigenvalue weighted by Crippen LogP contribution is 2.32. The molecule has 2 aromatic heterocycles. The molecule has 1 aliphatic rings. The van der Waals surface area contributed by atoms with E-state index in [1.807, 2.05) is 36.5 Å². The summed E-state index contributed by atoms with van der Waals surface area (Å²) in [5.74, 6) is 2.29. The minimum atomic E-state index is 0.402. The van der Waals surface area contributed by atoms with E-state index >= 15 is 0 Å². The number of benzene rings is 1. The zero-order valence-corrected chi connectivity index (χ0v) is 12.5. The van der Waals surface area contributed by atoms with Gasteiger partial charge in [-0.05, 0) is 37.2 Å². The molecule has 112 valence electrons. The number of para-hydroxylation sites is 2. The SMILES string of the molecule is COc1ccccc1-n1c(C2CCNC2)nc2cccnc21. The van der Waals surface area contributed by atoms with Crippen LogP contribution in [0.3, 0.4) is 0 Å². The largest absolute Gasteiger partial charge is 0.495 e. The fourth-order valence-electron chi connectivity index (χ4n) is 3.13. The normalized spacial score (nSPS) is 18.0. The number of fused-ring (bicyclic) bond motifs is 1. The Kier molecular flexibility index (Phi) is 3.27. The predicted octanol–water partition coefficient (Wildman–Crippen LogP) is 2.51. The quantitative estimate of drug-likeness (QED) is 0.806. The lowest BCUT2D eigenvalue weighted by atomic mass is 10.1. The molecule has 0 amide bonds. The van der Waals surface area contributed by atoms with Crippen molar-refractivity contribution in [3.8, 4) is 11.4 Å². The number of pyridine rings is 1. The van der Waals surface area contributed by atoms with Crippen LogP contribution in [0.4, 0.5) is 0 Å². The summed E-state index contributed by atoms with van der Waals surface area (Å²) in [4.78, 5) is 9.40. The van der Waals surface area contributed by atoms with Gasteiger partial charge in [-0.2, -0.15) is 0 Å². The van der Waals surface area contributed by atoms with Gasteiger partial charge in [0.25, 0.3) is 0 Å². The number of nitrogens with one attached hydrogen (secondary N) is 1. The molecule has 0 aliphatic carbocycles. The molecule has 5 heteroatoms. The zero-order chi connectivity index (χ0) is 14.9. The Bertz CT molecular complexity index is 805. The topological polar surface area (TPSA) is 52.0 Å². The molecule has 3 heterocycles. The van der Waals surface area contributed by atoms with Gasteiger partial charge in [0, 0.05) is 18.7 Å². The molecule has 0 bridgehead atoms. The summed E-state index contributed by atoms with van der Waals surface area (Å²) >= 11 is 0. The van der Waals surface area contributed by atoms with Gasteiger partial charge in [-0.15, -0.1) is 0 Å². The smallest absolute Gasteiger partial charge is 0.164 e. The molecule has 1 fully saturated rings. The Labute approximate surface area is 129 Å². The average Bonchev–Trinajstić information content (AvgIpc) is 3.22. The summed E-state index contributed by atoms with van der Waals surface area (Å²) in [6, 6.07) is 12.0. The van der Waals surface area contributed by atoms with Gasteiger partial charge in [0.15, 0.2) is 5.65 Å². The minimum absolute atomic E-state index is 0.402. The third-order valence-electron chi connectivity index (χ3n) is 4.19. The monoisotopic (exact) mass is 294 g/mol. The molecule has 5 nitrogen and oxygen atoms in total. The standard InChI is InChI=1S/C17H18N4O/c1-22-15-7-3-2-6-14(15)21-16(12-8-10-18-11-12)20-13-5-4-9-19-17(13)21/h2-7,9,12,18H,8,10-11H2,1H3. The predicted molar refractivity (Wildman–Crippen MR) is 85.6 cm³/mol. The van der Waals surface area contributed by atoms with Crippen LogP contribution in [0.25, 0.3) is 16.9 Å². The van der Waals surface area contributed by atoms with Crippen LogP contribution in [0.1, 0.15) is 18.2 Å². The lowest BCUT2D eigenvalue weighted by molar-refractivity contribution is 0.412. The van der Waals surface area contributed by atoms with Gasteiger partial charge in [0.05, 0.1) is 12.8 Å². The maximum Gasteiger partial charge on any atom is 0.164 e. The highest BCUT2D eigenvalue weighted by Gasteiger charge is 2.25. The van der Waals surface area contributed by atoms with Gasteiger partial charge >= 0.3 is 0 Å². The summed E-state index contributed by atoms with van der Waals surface area (Å²) in [7, 11) is 1.70. The van der Waals surface area contributed by atoms with E-state index in [1.165, 1.54) is 0 Å². The van der Waals surface area contributed by atoms with E-state index < -0.39 is 0 Å². The highest BCUT2D eigenvalue weighted by atomic mass is 16.5. The van der Waals surface area contributed by atoms with Crippen LogP contribution in [0.2, 0.25) is 0 Å². The second-order valence-electron chi connectivity index (χ2n) is 5.51. The van der Waals surface area contributed by atoms with E-state index in [0.717, 1.165) is 47.9 Å². The number of nitrogens with zero attached hydrogens (tertiary/aromatic N) is 3. The molecular weight excluding hydrogens is 276 g/mol. The lowest BCUT2D eigenvalue weighted by Crippen LogP contribution is -2.12. The van der Waals surface area contributed by atoms with Crippen LogP contribution in [-0.2, 0) is 0 Å². The molecule has 22 heavy (non-hydrogen) atoms. The van der Waals surface area contributed by atoms with Crippen LogP contribution in [0, 0.1) is 0 Å². The van der Waals surface area contributed by atoms with Crippen LogP contribution >= 0.6 is 0 Å². The molecule has 3 aromatic rings. The number of methoxy groups -OCH3 is 1. The first-order valence-electron chi connectivity index (χ1n) is 7.56. The second kappa shape index (κ2) is 5.42. The molecule has 1 aromatic carbocycles. The molecule has 4 rings (SSSR count). The first kappa shape index (κ1) is 13.3. The molecule has 0 radical (unpaired) electrons. The zero-order valence-electron chi connectivity index (χ0n) is 12.5. The van der Waals surface area contributed by atoms with Crippen molar-refractivity contribution in [3.05, 3.63) is 48.4 Å². The van der Waals surface area contributed by atoms with Crippen LogP contribution in [0.15, 0.2) is 42.6 Å². The molecule has 0 saturated carbocycles. The van der Waals surface area contributed by atoms with Crippen molar-refractivity contribution in [1.29, 1.82) is 0 Å². The van der Waals surface area contributed by atoms with Gasteiger partial charge in [-0.1, -0.05) is 12.1 Å². The fourth-order valence-corrected chi connectivity index (χ4v) is 3.13. The molecule has 1 aliphatic heterocycles. The summed E-state index contributed by atoms with van der Waals surface area (Å²) in [6.45, 7) is 1.99. The van der Waals surface area contributed by atoms with Crippen molar-refractivity contribution in [1.82, 2.24) is 19.9 Å². The van der Waals surface area contributed by atoms with E-state index in [2.05, 4.69) is 20.9 Å². The van der Waals surface area contributed by atoms with Gasteiger partial charge in [-0.25, -0.2) is 9.97 Å². The van der Waals surface area contributed by atoms with Gasteiger partial charge < -0.3 is 10.1 Å². The number of ether oxygens (including phenoxy) is 1. The Balaban J connectivity index is 1.99. The molecule has 0 spiro atoms. The van der Waals surface area contributed by atoms with E-state index in [1.54, 1.807) is 7.11 Å². The van der Waals surface area contributed by atoms with Crippen molar-refractivity contribution < 1.29 is 4.74 Å². The Hall–Kier alpha value is -2.40. The maximum absolute atomic E-state index is 5.54. The van der Waals surface area contributed by atoms with E-state index in [9.17, 15) is 0 Å². The number of aromatic nitrogens is 3. The first-order chi connectivity index (χ1) is 10.9. The van der Waals surface area contributed by atoms with Crippen LogP contribution in [-0.4, -0.2) is 34.7 Å². The molecule has 1 saturated heterocycles. The van der Waals surface area contributed by atoms with Crippen LogP contribution < -0.4 is 10.1 Å². The minimum Gasteiger partial charge on any atom is -0.495 e. The summed E-state index contributed by atoms with van der Waals surface area (Å²) < 4.78 is 7.69. The Morgan fingerprint density at radius 2 is 2.14 bits per heavy atom. The Morgan fingerprint density at radius 3 is 2.95 bits per heavy atom. The number of imidazole rings is 1. The summed E-state index contributed by atoms with van der Waals surface area (Å²) in [5.41, 5.74) is 2.80. The summed E-state index contributed by atoms with van der Waals surface area (Å²) in [6.07, 6.45) is 2.91. The summed E-state index contributed by atoms with van der Waals surface area (Å²) in [5, 5.41) is 3.42. The molecule has 1 N–H and O–H groups in total. The highest BCUT2D eigenvalue weighted by molar-refractivity contribution is 5.75. The van der Waals surface area contributed by atoms with E-state index in [-0.39, 0.29) is 0 Å². The number of hydrogen-bond acceptors (Lipinski definition) is 4. The van der Waals surface area contributed by atoms with Crippen LogP contribution in [0.5, 0.6) is 5.75 Å². The van der Waals surface area contributed by atoms with Crippen molar-refractivity contribution in [3.63, 3.8) is 0 Å². The maximum atomic E-state index is 5.54. The Morgan fingerprint density at radius 1 is 1.23 bits per heavy atom. The van der Waals surface area contributed by atoms with E-state index in [0.29, 0.717) is 5.92 Å².